The van der Waals surface area contributed by atoms with E-state index in [1.165, 1.54) is 19.5 Å². The molecule has 1 fully saturated rings. The number of nitrogens with two attached hydrogens (primary N) is 1. The Kier molecular flexibility index (Phi) is 2.96. The van der Waals surface area contributed by atoms with E-state index in [4.69, 9.17) is 5.73 Å². The van der Waals surface area contributed by atoms with Crippen LogP contribution in [0.1, 0.15) is 19.2 Å². The van der Waals surface area contributed by atoms with Gasteiger partial charge in [0.2, 0.25) is 0 Å². The summed E-state index contributed by atoms with van der Waals surface area (Å²) in [5.41, 5.74) is 8.60. The molecule has 1 aromatic heterocycles. The lowest BCUT2D eigenvalue weighted by Gasteiger charge is -2.13. The molecular formula is C14H20N4. The van der Waals surface area contributed by atoms with Gasteiger partial charge in [0.05, 0.1) is 11.0 Å². The van der Waals surface area contributed by atoms with Gasteiger partial charge >= 0.3 is 0 Å². The molecule has 0 saturated carbocycles. The SMILES string of the molecule is CC1CCN(CCc2nc3ccc(N)cc3[nH]2)C1. The molecule has 0 spiro atoms. The van der Waals surface area contributed by atoms with Crippen LogP contribution in [0.3, 0.4) is 0 Å². The number of imidazole rings is 1. The summed E-state index contributed by atoms with van der Waals surface area (Å²) in [5.74, 6) is 1.91. The van der Waals surface area contributed by atoms with Gasteiger partial charge in [-0.2, -0.15) is 0 Å². The minimum Gasteiger partial charge on any atom is -0.399 e. The summed E-state index contributed by atoms with van der Waals surface area (Å²) in [7, 11) is 0. The Balaban J connectivity index is 1.67. The average Bonchev–Trinajstić information content (AvgIpc) is 2.92. The van der Waals surface area contributed by atoms with Gasteiger partial charge in [-0.25, -0.2) is 4.98 Å². The van der Waals surface area contributed by atoms with Gasteiger partial charge in [0, 0.05) is 25.2 Å². The maximum Gasteiger partial charge on any atom is 0.108 e. The zero-order valence-electron chi connectivity index (χ0n) is 10.8. The molecule has 1 aliphatic rings. The Hall–Kier alpha value is -1.55. The molecule has 4 heteroatoms. The predicted molar refractivity (Wildman–Crippen MR) is 74.4 cm³/mol. The van der Waals surface area contributed by atoms with Crippen LogP contribution in [-0.2, 0) is 6.42 Å². The van der Waals surface area contributed by atoms with Crippen molar-refractivity contribution in [1.82, 2.24) is 14.9 Å². The van der Waals surface area contributed by atoms with Crippen LogP contribution in [0.5, 0.6) is 0 Å². The zero-order valence-corrected chi connectivity index (χ0v) is 10.8. The number of rotatable bonds is 3. The molecule has 0 amide bonds. The van der Waals surface area contributed by atoms with E-state index in [0.29, 0.717) is 0 Å². The highest BCUT2D eigenvalue weighted by molar-refractivity contribution is 5.78. The van der Waals surface area contributed by atoms with Crippen molar-refractivity contribution >= 4 is 16.7 Å². The van der Waals surface area contributed by atoms with Gasteiger partial charge < -0.3 is 15.6 Å². The molecule has 1 saturated heterocycles. The number of aromatic nitrogens is 2. The summed E-state index contributed by atoms with van der Waals surface area (Å²) in [6.07, 6.45) is 2.32. The molecule has 3 N–H and O–H groups in total. The molecule has 1 aromatic carbocycles. The number of anilines is 1. The van der Waals surface area contributed by atoms with Gasteiger partial charge in [-0.15, -0.1) is 0 Å². The molecule has 0 bridgehead atoms. The predicted octanol–water partition coefficient (Wildman–Crippen LogP) is 2.03. The van der Waals surface area contributed by atoms with Crippen molar-refractivity contribution in [3.05, 3.63) is 24.0 Å². The number of likely N-dealkylation sites (tertiary alicyclic amines) is 1. The lowest BCUT2D eigenvalue weighted by Crippen LogP contribution is -2.23. The summed E-state index contributed by atoms with van der Waals surface area (Å²) in [6, 6.07) is 5.82. The standard InChI is InChI=1S/C14H20N4/c1-10-4-6-18(9-10)7-5-14-16-12-3-2-11(15)8-13(12)17-14/h2-3,8,10H,4-7,9,15H2,1H3,(H,16,17). The molecule has 0 aliphatic carbocycles. The molecule has 1 aliphatic heterocycles. The van der Waals surface area contributed by atoms with Crippen LogP contribution >= 0.6 is 0 Å². The van der Waals surface area contributed by atoms with Crippen molar-refractivity contribution in [2.45, 2.75) is 19.8 Å². The van der Waals surface area contributed by atoms with E-state index in [0.717, 1.165) is 41.4 Å². The van der Waals surface area contributed by atoms with Gasteiger partial charge in [0.15, 0.2) is 0 Å². The summed E-state index contributed by atoms with van der Waals surface area (Å²) in [6.45, 7) is 5.88. The van der Waals surface area contributed by atoms with Crippen LogP contribution in [0.25, 0.3) is 11.0 Å². The summed E-state index contributed by atoms with van der Waals surface area (Å²) < 4.78 is 0. The van der Waals surface area contributed by atoms with Crippen molar-refractivity contribution in [2.75, 3.05) is 25.4 Å². The second kappa shape index (κ2) is 4.61. The minimum atomic E-state index is 0.783. The van der Waals surface area contributed by atoms with Gasteiger partial charge in [-0.3, -0.25) is 0 Å². The Morgan fingerprint density at radius 3 is 3.17 bits per heavy atom. The van der Waals surface area contributed by atoms with E-state index in [1.54, 1.807) is 0 Å². The number of nitrogen functional groups attached to an aromatic ring is 1. The van der Waals surface area contributed by atoms with Crippen LogP contribution in [0.15, 0.2) is 18.2 Å². The monoisotopic (exact) mass is 244 g/mol. The van der Waals surface area contributed by atoms with Gasteiger partial charge in [0.25, 0.3) is 0 Å². The Labute approximate surface area is 107 Å². The minimum absolute atomic E-state index is 0.783. The largest absolute Gasteiger partial charge is 0.399 e. The fourth-order valence-electron chi connectivity index (χ4n) is 2.69. The lowest BCUT2D eigenvalue weighted by atomic mass is 10.2. The highest BCUT2D eigenvalue weighted by atomic mass is 15.1. The van der Waals surface area contributed by atoms with E-state index in [9.17, 15) is 0 Å². The van der Waals surface area contributed by atoms with E-state index in [2.05, 4.69) is 21.8 Å². The number of aromatic amines is 1. The first-order valence-corrected chi connectivity index (χ1v) is 6.67. The van der Waals surface area contributed by atoms with Crippen LogP contribution < -0.4 is 5.73 Å². The van der Waals surface area contributed by atoms with Crippen molar-refractivity contribution in [1.29, 1.82) is 0 Å². The van der Waals surface area contributed by atoms with E-state index < -0.39 is 0 Å². The summed E-state index contributed by atoms with van der Waals surface area (Å²) in [4.78, 5) is 10.5. The van der Waals surface area contributed by atoms with Crippen molar-refractivity contribution in [3.8, 4) is 0 Å². The highest BCUT2D eigenvalue weighted by Gasteiger charge is 2.18. The van der Waals surface area contributed by atoms with Gasteiger partial charge in [0.1, 0.15) is 5.82 Å². The molecule has 2 aromatic rings. The molecule has 0 radical (unpaired) electrons. The molecule has 1 atom stereocenters. The smallest absolute Gasteiger partial charge is 0.108 e. The first-order chi connectivity index (χ1) is 8.70. The fraction of sp³-hybridized carbons (Fsp3) is 0.500. The number of nitrogens with one attached hydrogen (secondary N) is 1. The van der Waals surface area contributed by atoms with Crippen molar-refractivity contribution < 1.29 is 0 Å². The lowest BCUT2D eigenvalue weighted by molar-refractivity contribution is 0.330. The number of hydrogen-bond donors (Lipinski definition) is 2. The Morgan fingerprint density at radius 1 is 1.50 bits per heavy atom. The third-order valence-electron chi connectivity index (χ3n) is 3.73. The number of fused-ring (bicyclic) bond motifs is 1. The topological polar surface area (TPSA) is 57.9 Å². The van der Waals surface area contributed by atoms with Crippen molar-refractivity contribution in [2.24, 2.45) is 5.92 Å². The van der Waals surface area contributed by atoms with E-state index in [1.807, 2.05) is 18.2 Å². The molecule has 1 unspecified atom stereocenters. The number of hydrogen-bond acceptors (Lipinski definition) is 3. The third-order valence-corrected chi connectivity index (χ3v) is 3.73. The van der Waals surface area contributed by atoms with Crippen LogP contribution in [-0.4, -0.2) is 34.5 Å². The summed E-state index contributed by atoms with van der Waals surface area (Å²) >= 11 is 0. The van der Waals surface area contributed by atoms with Gasteiger partial charge in [-0.1, -0.05) is 6.92 Å². The highest BCUT2D eigenvalue weighted by Crippen LogP contribution is 2.17. The maximum atomic E-state index is 5.77. The second-order valence-corrected chi connectivity index (χ2v) is 5.40. The van der Waals surface area contributed by atoms with E-state index in [-0.39, 0.29) is 0 Å². The quantitative estimate of drug-likeness (QED) is 0.812. The third kappa shape index (κ3) is 2.34. The number of benzene rings is 1. The first kappa shape index (κ1) is 11.5. The molecule has 3 rings (SSSR count). The Bertz CT molecular complexity index is 546. The molecule has 96 valence electrons. The van der Waals surface area contributed by atoms with Crippen LogP contribution in [0.2, 0.25) is 0 Å². The van der Waals surface area contributed by atoms with E-state index >= 15 is 0 Å². The Morgan fingerprint density at radius 2 is 2.39 bits per heavy atom. The van der Waals surface area contributed by atoms with Gasteiger partial charge in [-0.05, 0) is 37.1 Å². The zero-order chi connectivity index (χ0) is 12.5. The van der Waals surface area contributed by atoms with Crippen molar-refractivity contribution in [3.63, 3.8) is 0 Å². The number of nitrogens with zero attached hydrogens (tertiary/aromatic N) is 2. The van der Waals surface area contributed by atoms with Crippen LogP contribution in [0.4, 0.5) is 5.69 Å². The second-order valence-electron chi connectivity index (χ2n) is 5.40. The maximum absolute atomic E-state index is 5.77. The average molecular weight is 244 g/mol. The molecule has 2 heterocycles. The van der Waals surface area contributed by atoms with Crippen LogP contribution in [0, 0.1) is 5.92 Å². The molecular weight excluding hydrogens is 224 g/mol. The summed E-state index contributed by atoms with van der Waals surface area (Å²) in [5, 5.41) is 0. The normalized spacial score (nSPS) is 20.8. The first-order valence-electron chi connectivity index (χ1n) is 6.67. The molecule has 4 nitrogen and oxygen atoms in total. The fourth-order valence-corrected chi connectivity index (χ4v) is 2.69. The molecule has 18 heavy (non-hydrogen) atoms. The number of H-pyrrole nitrogens is 1.